The molecular formula is C18H21ClN2O3S. The SMILES string of the molecule is CC(C)c1ccc(NC(=O)CCNS(=O)(=O)c2ccc(Cl)cc2)cc1. The molecule has 0 bridgehead atoms. The number of hydrogen-bond acceptors (Lipinski definition) is 3. The molecule has 2 aromatic rings. The molecule has 0 atom stereocenters. The van der Waals surface area contributed by atoms with E-state index in [0.717, 1.165) is 0 Å². The van der Waals surface area contributed by atoms with Crippen LogP contribution in [0.5, 0.6) is 0 Å². The van der Waals surface area contributed by atoms with E-state index in [1.165, 1.54) is 29.8 Å². The Morgan fingerprint density at radius 2 is 1.64 bits per heavy atom. The monoisotopic (exact) mass is 380 g/mol. The molecule has 0 radical (unpaired) electrons. The molecule has 134 valence electrons. The summed E-state index contributed by atoms with van der Waals surface area (Å²) < 4.78 is 26.6. The van der Waals surface area contributed by atoms with Crippen molar-refractivity contribution in [1.82, 2.24) is 4.72 Å². The summed E-state index contributed by atoms with van der Waals surface area (Å²) in [4.78, 5) is 12.0. The van der Waals surface area contributed by atoms with E-state index < -0.39 is 10.0 Å². The lowest BCUT2D eigenvalue weighted by Gasteiger charge is -2.09. The average molecular weight is 381 g/mol. The number of rotatable bonds is 7. The van der Waals surface area contributed by atoms with Crippen molar-refractivity contribution in [2.45, 2.75) is 31.1 Å². The number of nitrogens with one attached hydrogen (secondary N) is 2. The van der Waals surface area contributed by atoms with Crippen molar-refractivity contribution in [3.8, 4) is 0 Å². The molecule has 0 aliphatic rings. The molecule has 7 heteroatoms. The lowest BCUT2D eigenvalue weighted by Crippen LogP contribution is -2.27. The zero-order valence-electron chi connectivity index (χ0n) is 14.1. The summed E-state index contributed by atoms with van der Waals surface area (Å²) in [5, 5.41) is 3.21. The predicted octanol–water partition coefficient (Wildman–Crippen LogP) is 3.77. The largest absolute Gasteiger partial charge is 0.326 e. The maximum atomic E-state index is 12.1. The van der Waals surface area contributed by atoms with Crippen molar-refractivity contribution in [3.05, 3.63) is 59.1 Å². The van der Waals surface area contributed by atoms with Crippen LogP contribution in [0.1, 0.15) is 31.7 Å². The number of anilines is 1. The molecule has 5 nitrogen and oxygen atoms in total. The van der Waals surface area contributed by atoms with Crippen molar-refractivity contribution in [3.63, 3.8) is 0 Å². The van der Waals surface area contributed by atoms with Crippen LogP contribution < -0.4 is 10.0 Å². The summed E-state index contributed by atoms with van der Waals surface area (Å²) in [5.74, 6) is 0.170. The second-order valence-corrected chi connectivity index (χ2v) is 8.13. The highest BCUT2D eigenvalue weighted by Gasteiger charge is 2.14. The highest BCUT2D eigenvalue weighted by atomic mass is 35.5. The lowest BCUT2D eigenvalue weighted by atomic mass is 10.0. The normalized spacial score (nSPS) is 11.5. The van der Waals surface area contributed by atoms with Crippen molar-refractivity contribution >= 4 is 33.2 Å². The second-order valence-electron chi connectivity index (χ2n) is 5.93. The molecule has 0 saturated carbocycles. The second kappa shape index (κ2) is 8.47. The van der Waals surface area contributed by atoms with Gasteiger partial charge in [-0.25, -0.2) is 13.1 Å². The van der Waals surface area contributed by atoms with Gasteiger partial charge in [-0.1, -0.05) is 37.6 Å². The van der Waals surface area contributed by atoms with Gasteiger partial charge in [0.25, 0.3) is 0 Å². The summed E-state index contributed by atoms with van der Waals surface area (Å²) >= 11 is 5.74. The molecule has 2 rings (SSSR count). The number of amides is 1. The molecule has 0 heterocycles. The first-order chi connectivity index (χ1) is 11.8. The first-order valence-corrected chi connectivity index (χ1v) is 9.79. The third kappa shape index (κ3) is 5.85. The number of carbonyl (C=O) groups excluding carboxylic acids is 1. The van der Waals surface area contributed by atoms with Gasteiger partial charge in [0, 0.05) is 23.7 Å². The van der Waals surface area contributed by atoms with Crippen molar-refractivity contribution < 1.29 is 13.2 Å². The van der Waals surface area contributed by atoms with Crippen LogP contribution in [0.2, 0.25) is 5.02 Å². The van der Waals surface area contributed by atoms with E-state index in [4.69, 9.17) is 11.6 Å². The van der Waals surface area contributed by atoms with Crippen LogP contribution in [0.25, 0.3) is 0 Å². The van der Waals surface area contributed by atoms with E-state index in [1.54, 1.807) is 0 Å². The molecule has 2 aromatic carbocycles. The summed E-state index contributed by atoms with van der Waals surface area (Å²) in [6.07, 6.45) is 0.0404. The maximum Gasteiger partial charge on any atom is 0.240 e. The molecule has 0 aliphatic carbocycles. The molecule has 0 saturated heterocycles. The number of hydrogen-bond donors (Lipinski definition) is 2. The van der Waals surface area contributed by atoms with Crippen LogP contribution in [0.4, 0.5) is 5.69 Å². The predicted molar refractivity (Wildman–Crippen MR) is 100 cm³/mol. The van der Waals surface area contributed by atoms with Gasteiger partial charge in [0.1, 0.15) is 0 Å². The fraction of sp³-hybridized carbons (Fsp3) is 0.278. The van der Waals surface area contributed by atoms with E-state index in [1.807, 2.05) is 24.3 Å². The molecular weight excluding hydrogens is 360 g/mol. The van der Waals surface area contributed by atoms with Crippen molar-refractivity contribution in [2.24, 2.45) is 0 Å². The van der Waals surface area contributed by atoms with Gasteiger partial charge in [-0.15, -0.1) is 0 Å². The minimum Gasteiger partial charge on any atom is -0.326 e. The molecule has 0 aliphatic heterocycles. The van der Waals surface area contributed by atoms with Crippen LogP contribution in [0.15, 0.2) is 53.4 Å². The molecule has 0 spiro atoms. The quantitative estimate of drug-likeness (QED) is 0.767. The maximum absolute atomic E-state index is 12.1. The molecule has 1 amide bonds. The van der Waals surface area contributed by atoms with Crippen LogP contribution >= 0.6 is 11.6 Å². The van der Waals surface area contributed by atoms with Gasteiger partial charge in [-0.3, -0.25) is 4.79 Å². The molecule has 2 N–H and O–H groups in total. The number of carbonyl (C=O) groups is 1. The standard InChI is InChI=1S/C18H21ClN2O3S/c1-13(2)14-3-7-16(8-4-14)21-18(22)11-12-20-25(23,24)17-9-5-15(19)6-10-17/h3-10,13,20H,11-12H2,1-2H3,(H,21,22). The minimum atomic E-state index is -3.65. The molecule has 25 heavy (non-hydrogen) atoms. The van der Waals surface area contributed by atoms with Gasteiger partial charge >= 0.3 is 0 Å². The summed E-state index contributed by atoms with van der Waals surface area (Å²) in [6, 6.07) is 13.4. The summed E-state index contributed by atoms with van der Waals surface area (Å²) in [6.45, 7) is 4.21. The van der Waals surface area contributed by atoms with E-state index in [2.05, 4.69) is 23.9 Å². The first-order valence-electron chi connectivity index (χ1n) is 7.93. The summed E-state index contributed by atoms with van der Waals surface area (Å²) in [5.41, 5.74) is 1.88. The van der Waals surface area contributed by atoms with Gasteiger partial charge < -0.3 is 5.32 Å². The zero-order chi connectivity index (χ0) is 18.4. The van der Waals surface area contributed by atoms with Gasteiger partial charge in [-0.2, -0.15) is 0 Å². The van der Waals surface area contributed by atoms with Gasteiger partial charge in [0.15, 0.2) is 0 Å². The highest BCUT2D eigenvalue weighted by Crippen LogP contribution is 2.17. The van der Waals surface area contributed by atoms with Crippen LogP contribution in [-0.4, -0.2) is 20.9 Å². The van der Waals surface area contributed by atoms with Gasteiger partial charge in [0.2, 0.25) is 15.9 Å². The van der Waals surface area contributed by atoms with E-state index in [9.17, 15) is 13.2 Å². The molecule has 0 aromatic heterocycles. The van der Waals surface area contributed by atoms with E-state index in [0.29, 0.717) is 16.6 Å². The topological polar surface area (TPSA) is 75.3 Å². The number of benzene rings is 2. The van der Waals surface area contributed by atoms with Crippen molar-refractivity contribution in [2.75, 3.05) is 11.9 Å². The van der Waals surface area contributed by atoms with Crippen LogP contribution in [0.3, 0.4) is 0 Å². The zero-order valence-corrected chi connectivity index (χ0v) is 15.7. The van der Waals surface area contributed by atoms with Gasteiger partial charge in [0.05, 0.1) is 4.90 Å². The Morgan fingerprint density at radius 1 is 1.04 bits per heavy atom. The smallest absolute Gasteiger partial charge is 0.240 e. The highest BCUT2D eigenvalue weighted by molar-refractivity contribution is 7.89. The Labute approximate surface area is 153 Å². The summed E-state index contributed by atoms with van der Waals surface area (Å²) in [7, 11) is -3.65. The van der Waals surface area contributed by atoms with E-state index in [-0.39, 0.29) is 23.8 Å². The van der Waals surface area contributed by atoms with Crippen LogP contribution in [0, 0.1) is 0 Å². The third-order valence-electron chi connectivity index (χ3n) is 3.63. The fourth-order valence-electron chi connectivity index (χ4n) is 2.17. The van der Waals surface area contributed by atoms with Gasteiger partial charge in [-0.05, 0) is 47.9 Å². The first kappa shape index (κ1) is 19.4. The van der Waals surface area contributed by atoms with E-state index >= 15 is 0 Å². The van der Waals surface area contributed by atoms with Crippen LogP contribution in [-0.2, 0) is 14.8 Å². The Kier molecular flexibility index (Phi) is 6.58. The molecule has 0 unspecified atom stereocenters. The fourth-order valence-corrected chi connectivity index (χ4v) is 3.33. The minimum absolute atomic E-state index is 0.0148. The number of sulfonamides is 1. The van der Waals surface area contributed by atoms with Crippen molar-refractivity contribution in [1.29, 1.82) is 0 Å². The Bertz CT molecular complexity index is 816. The average Bonchev–Trinajstić information content (AvgIpc) is 2.55. The Hall–Kier alpha value is -1.89. The lowest BCUT2D eigenvalue weighted by molar-refractivity contribution is -0.116. The Balaban J connectivity index is 1.84. The third-order valence-corrected chi connectivity index (χ3v) is 5.36. The molecule has 0 fully saturated rings. The Morgan fingerprint density at radius 3 is 2.20 bits per heavy atom. The number of halogens is 1.